The number of amides is 3. The summed E-state index contributed by atoms with van der Waals surface area (Å²) in [5.41, 5.74) is 1.26. The van der Waals surface area contributed by atoms with Crippen molar-refractivity contribution in [1.82, 2.24) is 20.1 Å². The Morgan fingerprint density at radius 2 is 2.11 bits per heavy atom. The molecule has 9 heteroatoms. The Labute approximate surface area is 171 Å². The summed E-state index contributed by atoms with van der Waals surface area (Å²) >= 11 is 13.4. The van der Waals surface area contributed by atoms with Crippen molar-refractivity contribution in [1.29, 1.82) is 0 Å². The first-order chi connectivity index (χ1) is 13.0. The lowest BCUT2D eigenvalue weighted by Gasteiger charge is -2.36. The Kier molecular flexibility index (Phi) is 5.25. The van der Waals surface area contributed by atoms with Crippen molar-refractivity contribution >= 4 is 46.5 Å². The molecule has 1 aromatic carbocycles. The van der Waals surface area contributed by atoms with Crippen LogP contribution in [0.25, 0.3) is 10.6 Å². The molecule has 1 N–H and O–H groups in total. The van der Waals surface area contributed by atoms with E-state index in [4.69, 9.17) is 23.2 Å². The normalized spacial score (nSPS) is 20.1. The number of urea groups is 1. The third-order valence-electron chi connectivity index (χ3n) is 4.90. The fraction of sp³-hybridized carbons (Fsp3) is 0.389. The number of rotatable bonds is 3. The highest BCUT2D eigenvalue weighted by Gasteiger charge is 2.33. The van der Waals surface area contributed by atoms with Crippen LogP contribution in [0.2, 0.25) is 10.0 Å². The van der Waals surface area contributed by atoms with Crippen LogP contribution >= 0.6 is 34.5 Å². The second kappa shape index (κ2) is 7.66. The maximum absolute atomic E-state index is 12.9. The predicted octanol–water partition coefficient (Wildman–Crippen LogP) is 3.75. The smallest absolute Gasteiger partial charge is 0.317 e. The molecule has 1 aromatic heterocycles. The number of nitrogens with zero attached hydrogens (tertiary/aromatic N) is 3. The summed E-state index contributed by atoms with van der Waals surface area (Å²) in [4.78, 5) is 33.0. The quantitative estimate of drug-likeness (QED) is 0.815. The van der Waals surface area contributed by atoms with Crippen molar-refractivity contribution in [2.24, 2.45) is 0 Å². The van der Waals surface area contributed by atoms with Gasteiger partial charge in [-0.1, -0.05) is 29.3 Å². The van der Waals surface area contributed by atoms with Crippen LogP contribution < -0.4 is 5.32 Å². The number of halogens is 2. The van der Waals surface area contributed by atoms with Gasteiger partial charge in [-0.15, -0.1) is 11.3 Å². The highest BCUT2D eigenvalue weighted by Crippen LogP contribution is 2.31. The van der Waals surface area contributed by atoms with Gasteiger partial charge in [0.25, 0.3) is 5.91 Å². The summed E-state index contributed by atoms with van der Waals surface area (Å²) in [6.45, 7) is 2.60. The van der Waals surface area contributed by atoms with Crippen LogP contribution in [-0.4, -0.2) is 58.9 Å². The molecule has 1 unspecified atom stereocenters. The minimum atomic E-state index is -0.0955. The third-order valence-corrected chi connectivity index (χ3v) is 6.53. The monoisotopic (exact) mass is 424 g/mol. The van der Waals surface area contributed by atoms with E-state index >= 15 is 0 Å². The zero-order chi connectivity index (χ0) is 19.0. The van der Waals surface area contributed by atoms with Crippen LogP contribution in [0.3, 0.4) is 0 Å². The maximum Gasteiger partial charge on any atom is 0.317 e. The van der Waals surface area contributed by atoms with Crippen LogP contribution in [0.4, 0.5) is 4.79 Å². The molecule has 3 amide bonds. The van der Waals surface area contributed by atoms with Gasteiger partial charge in [-0.25, -0.2) is 9.78 Å². The minimum Gasteiger partial charge on any atom is -0.336 e. The first-order valence-corrected chi connectivity index (χ1v) is 10.4. The van der Waals surface area contributed by atoms with Gasteiger partial charge in [0.05, 0.1) is 16.1 Å². The van der Waals surface area contributed by atoms with Gasteiger partial charge in [0.2, 0.25) is 0 Å². The molecule has 3 heterocycles. The van der Waals surface area contributed by atoms with E-state index in [2.05, 4.69) is 10.3 Å². The fourth-order valence-corrected chi connectivity index (χ4v) is 4.61. The largest absolute Gasteiger partial charge is 0.336 e. The van der Waals surface area contributed by atoms with Gasteiger partial charge in [-0.05, 0) is 25.0 Å². The molecule has 0 aliphatic carbocycles. The van der Waals surface area contributed by atoms with Crippen molar-refractivity contribution in [2.45, 2.75) is 18.9 Å². The molecule has 4 rings (SSSR count). The number of hydrogen-bond donors (Lipinski definition) is 1. The number of hydrogen-bond acceptors (Lipinski definition) is 4. The lowest BCUT2D eigenvalue weighted by molar-refractivity contribution is 0.0629. The Hall–Kier alpha value is -1.83. The third kappa shape index (κ3) is 3.77. The van der Waals surface area contributed by atoms with Crippen molar-refractivity contribution in [2.75, 3.05) is 26.2 Å². The molecule has 2 aliphatic heterocycles. The highest BCUT2D eigenvalue weighted by atomic mass is 35.5. The maximum atomic E-state index is 12.9. The Bertz CT molecular complexity index is 888. The second-order valence-corrected chi connectivity index (χ2v) is 8.31. The van der Waals surface area contributed by atoms with Gasteiger partial charge < -0.3 is 15.1 Å². The number of likely N-dealkylation sites (tertiary alicyclic amines) is 1. The molecular formula is C18H18Cl2N4O2S. The molecule has 0 radical (unpaired) electrons. The molecule has 142 valence electrons. The van der Waals surface area contributed by atoms with E-state index in [1.807, 2.05) is 11.0 Å². The van der Waals surface area contributed by atoms with Gasteiger partial charge in [-0.2, -0.15) is 0 Å². The van der Waals surface area contributed by atoms with Crippen LogP contribution in [0.5, 0.6) is 0 Å². The molecule has 2 saturated heterocycles. The molecule has 2 fully saturated rings. The number of carbonyl (C=O) groups is 2. The van der Waals surface area contributed by atoms with E-state index in [0.29, 0.717) is 41.9 Å². The first kappa shape index (κ1) is 18.5. The number of aromatic nitrogens is 1. The zero-order valence-electron chi connectivity index (χ0n) is 14.5. The lowest BCUT2D eigenvalue weighted by Crippen LogP contribution is -2.50. The van der Waals surface area contributed by atoms with Crippen LogP contribution in [0.15, 0.2) is 23.6 Å². The minimum absolute atomic E-state index is 0.0372. The number of thiazole rings is 1. The van der Waals surface area contributed by atoms with E-state index in [1.165, 1.54) is 11.3 Å². The van der Waals surface area contributed by atoms with Gasteiger partial charge in [-0.3, -0.25) is 4.79 Å². The van der Waals surface area contributed by atoms with Crippen molar-refractivity contribution in [3.63, 3.8) is 0 Å². The zero-order valence-corrected chi connectivity index (χ0v) is 16.8. The highest BCUT2D eigenvalue weighted by molar-refractivity contribution is 7.13. The Balaban J connectivity index is 1.48. The van der Waals surface area contributed by atoms with Gasteiger partial charge in [0.15, 0.2) is 0 Å². The van der Waals surface area contributed by atoms with Gasteiger partial charge in [0, 0.05) is 37.1 Å². The molecule has 0 bridgehead atoms. The molecular weight excluding hydrogens is 407 g/mol. The SMILES string of the molecule is O=C(c1csc(-c2ccc(Cl)c(Cl)c2)n1)N1CCCC(N2CCNC2=O)C1. The standard InChI is InChI=1S/C18H18Cl2N4O2S/c19-13-4-3-11(8-14(13)20)16-22-15(10-27-16)17(25)23-6-1-2-12(9-23)24-7-5-21-18(24)26/h3-4,8,10,12H,1-2,5-7,9H2,(H,21,26). The number of piperidine rings is 1. The molecule has 1 atom stereocenters. The molecule has 6 nitrogen and oxygen atoms in total. The lowest BCUT2D eigenvalue weighted by atomic mass is 10.0. The first-order valence-electron chi connectivity index (χ1n) is 8.77. The number of carbonyl (C=O) groups excluding carboxylic acids is 2. The van der Waals surface area contributed by atoms with Gasteiger partial charge >= 0.3 is 6.03 Å². The van der Waals surface area contributed by atoms with Crippen molar-refractivity contribution in [3.05, 3.63) is 39.3 Å². The topological polar surface area (TPSA) is 65.5 Å². The van der Waals surface area contributed by atoms with E-state index in [1.54, 1.807) is 22.4 Å². The summed E-state index contributed by atoms with van der Waals surface area (Å²) in [5, 5.41) is 6.26. The molecule has 2 aliphatic rings. The van der Waals surface area contributed by atoms with Crippen molar-refractivity contribution < 1.29 is 9.59 Å². The van der Waals surface area contributed by atoms with Crippen LogP contribution in [0, 0.1) is 0 Å². The van der Waals surface area contributed by atoms with Gasteiger partial charge in [0.1, 0.15) is 10.7 Å². The second-order valence-electron chi connectivity index (χ2n) is 6.64. The average Bonchev–Trinajstić information content (AvgIpc) is 3.33. The summed E-state index contributed by atoms with van der Waals surface area (Å²) in [6.07, 6.45) is 1.80. The molecule has 2 aromatic rings. The molecule has 0 saturated carbocycles. The molecule has 27 heavy (non-hydrogen) atoms. The average molecular weight is 425 g/mol. The number of benzene rings is 1. The fourth-order valence-electron chi connectivity index (χ4n) is 3.52. The molecule has 0 spiro atoms. The Morgan fingerprint density at radius 1 is 1.26 bits per heavy atom. The number of nitrogens with one attached hydrogen (secondary N) is 1. The van der Waals surface area contributed by atoms with Crippen LogP contribution in [0.1, 0.15) is 23.3 Å². The summed E-state index contributed by atoms with van der Waals surface area (Å²) < 4.78 is 0. The Morgan fingerprint density at radius 3 is 2.85 bits per heavy atom. The van der Waals surface area contributed by atoms with Crippen molar-refractivity contribution in [3.8, 4) is 10.6 Å². The van der Waals surface area contributed by atoms with E-state index in [9.17, 15) is 9.59 Å². The van der Waals surface area contributed by atoms with Crippen LogP contribution in [-0.2, 0) is 0 Å². The van der Waals surface area contributed by atoms with E-state index < -0.39 is 0 Å². The summed E-state index contributed by atoms with van der Waals surface area (Å²) in [6, 6.07) is 5.34. The summed E-state index contributed by atoms with van der Waals surface area (Å²) in [7, 11) is 0. The summed E-state index contributed by atoms with van der Waals surface area (Å²) in [5.74, 6) is -0.0955. The predicted molar refractivity (Wildman–Crippen MR) is 107 cm³/mol. The van der Waals surface area contributed by atoms with E-state index in [-0.39, 0.29) is 18.0 Å². The van der Waals surface area contributed by atoms with E-state index in [0.717, 1.165) is 23.4 Å².